The minimum Gasteiger partial charge on any atom is -0.489 e. The molecule has 0 unspecified atom stereocenters. The number of nitro benzene ring substituents is 1. The van der Waals surface area contributed by atoms with Gasteiger partial charge in [0.1, 0.15) is 23.9 Å². The average molecular weight is 450 g/mol. The summed E-state index contributed by atoms with van der Waals surface area (Å²) in [6.07, 6.45) is 0. The maximum atomic E-state index is 11.1. The molecule has 2 aromatic heterocycles. The van der Waals surface area contributed by atoms with E-state index in [1.165, 1.54) is 30.8 Å². The van der Waals surface area contributed by atoms with Gasteiger partial charge in [0.25, 0.3) is 5.69 Å². The van der Waals surface area contributed by atoms with Crippen LogP contribution in [0.5, 0.6) is 5.75 Å². The highest BCUT2D eigenvalue weighted by Crippen LogP contribution is 2.30. The Hall–Kier alpha value is -3.92. The third-order valence-corrected chi connectivity index (χ3v) is 5.37. The monoisotopic (exact) mass is 450 g/mol. The number of aromatic nitrogens is 3. The fourth-order valence-corrected chi connectivity index (χ4v) is 3.49. The van der Waals surface area contributed by atoms with Gasteiger partial charge in [-0.3, -0.25) is 14.9 Å². The van der Waals surface area contributed by atoms with Crippen LogP contribution >= 0.6 is 11.8 Å². The number of non-ortho nitro benzene ring substituents is 1. The molecule has 0 spiro atoms. The number of hydrogen-bond acceptors (Lipinski definition) is 8. The van der Waals surface area contributed by atoms with Crippen molar-refractivity contribution < 1.29 is 18.9 Å². The van der Waals surface area contributed by atoms with E-state index >= 15 is 0 Å². The summed E-state index contributed by atoms with van der Waals surface area (Å²) in [5.74, 6) is 2.59. The van der Waals surface area contributed by atoms with Crippen molar-refractivity contribution in [1.82, 2.24) is 15.2 Å². The van der Waals surface area contributed by atoms with Gasteiger partial charge < -0.3 is 14.1 Å². The zero-order valence-electron chi connectivity index (χ0n) is 17.0. The third-order valence-electron chi connectivity index (χ3n) is 4.36. The predicted molar refractivity (Wildman–Crippen MR) is 118 cm³/mol. The summed E-state index contributed by atoms with van der Waals surface area (Å²) in [5, 5.41) is 19.6. The molecule has 1 N–H and O–H groups in total. The summed E-state index contributed by atoms with van der Waals surface area (Å²) in [6, 6.07) is 17.3. The molecule has 0 radical (unpaired) electrons. The van der Waals surface area contributed by atoms with E-state index in [0.29, 0.717) is 39.6 Å². The molecule has 9 nitrogen and oxygen atoms in total. The van der Waals surface area contributed by atoms with Gasteiger partial charge in [-0.15, -0.1) is 10.2 Å². The van der Waals surface area contributed by atoms with Crippen LogP contribution in [0.15, 0.2) is 70.2 Å². The van der Waals surface area contributed by atoms with Crippen LogP contribution in [-0.4, -0.2) is 31.6 Å². The molecule has 10 heteroatoms. The Morgan fingerprint density at radius 3 is 2.75 bits per heavy atom. The molecule has 0 aliphatic carbocycles. The van der Waals surface area contributed by atoms with Crippen LogP contribution in [0.1, 0.15) is 12.5 Å². The van der Waals surface area contributed by atoms with Gasteiger partial charge in [-0.25, -0.2) is 0 Å². The van der Waals surface area contributed by atoms with E-state index in [-0.39, 0.29) is 18.1 Å². The van der Waals surface area contributed by atoms with Crippen molar-refractivity contribution >= 4 is 23.2 Å². The minimum absolute atomic E-state index is 0.0261. The summed E-state index contributed by atoms with van der Waals surface area (Å²) in [4.78, 5) is 24.6. The van der Waals surface area contributed by atoms with Crippen LogP contribution in [0.25, 0.3) is 22.9 Å². The standard InChI is InChI=1S/C22H18N4O5S/c1-14(27)13-32-22-23-21(24-25-22)20-9-8-19(31-20)16-5-3-7-18(11-16)30-12-15-4-2-6-17(10-15)26(28)29/h2-11H,12-13H2,1H3,(H,23,24,25). The summed E-state index contributed by atoms with van der Waals surface area (Å²) >= 11 is 1.28. The van der Waals surface area contributed by atoms with Gasteiger partial charge in [-0.1, -0.05) is 36.0 Å². The first kappa shape index (κ1) is 21.3. The van der Waals surface area contributed by atoms with Crippen molar-refractivity contribution in [3.05, 3.63) is 76.3 Å². The molecule has 0 atom stereocenters. The Morgan fingerprint density at radius 2 is 1.94 bits per heavy atom. The summed E-state index contributed by atoms with van der Waals surface area (Å²) in [7, 11) is 0. The lowest BCUT2D eigenvalue weighted by molar-refractivity contribution is -0.384. The van der Waals surface area contributed by atoms with Crippen LogP contribution in [0.2, 0.25) is 0 Å². The molecular formula is C22H18N4O5S. The summed E-state index contributed by atoms with van der Waals surface area (Å²) < 4.78 is 11.7. The molecule has 0 saturated carbocycles. The van der Waals surface area contributed by atoms with E-state index in [1.54, 1.807) is 24.3 Å². The molecule has 0 amide bonds. The summed E-state index contributed by atoms with van der Waals surface area (Å²) in [6.45, 7) is 1.72. The molecule has 0 aliphatic heterocycles. The number of Topliss-reactive ketones (excluding diaryl/α,β-unsaturated/α-hetero) is 1. The first-order valence-corrected chi connectivity index (χ1v) is 10.6. The second-order valence-corrected chi connectivity index (χ2v) is 7.84. The maximum Gasteiger partial charge on any atom is 0.269 e. The van der Waals surface area contributed by atoms with E-state index in [4.69, 9.17) is 9.15 Å². The molecule has 32 heavy (non-hydrogen) atoms. The number of ketones is 1. The number of benzene rings is 2. The quantitative estimate of drug-likeness (QED) is 0.217. The Morgan fingerprint density at radius 1 is 1.12 bits per heavy atom. The van der Waals surface area contributed by atoms with Crippen LogP contribution in [0.4, 0.5) is 5.69 Å². The van der Waals surface area contributed by atoms with E-state index in [2.05, 4.69) is 15.2 Å². The lowest BCUT2D eigenvalue weighted by Gasteiger charge is -2.07. The first-order chi connectivity index (χ1) is 15.5. The van der Waals surface area contributed by atoms with Crippen LogP contribution in [0.3, 0.4) is 0 Å². The molecule has 4 rings (SSSR count). The molecule has 0 fully saturated rings. The Balaban J connectivity index is 1.45. The van der Waals surface area contributed by atoms with Crippen molar-refractivity contribution in [3.8, 4) is 28.7 Å². The average Bonchev–Trinajstić information content (AvgIpc) is 3.46. The van der Waals surface area contributed by atoms with E-state index in [9.17, 15) is 14.9 Å². The SMILES string of the molecule is CC(=O)CSc1nnc(-c2ccc(-c3cccc(OCc4cccc([N+](=O)[O-])c4)c3)o2)[nH]1. The number of carbonyl (C=O) groups excluding carboxylic acids is 1. The fraction of sp³-hybridized carbons (Fsp3) is 0.136. The van der Waals surface area contributed by atoms with Crippen molar-refractivity contribution in [3.63, 3.8) is 0 Å². The second kappa shape index (κ2) is 9.48. The van der Waals surface area contributed by atoms with Gasteiger partial charge in [0.15, 0.2) is 16.7 Å². The molecule has 0 aliphatic rings. The number of hydrogen-bond donors (Lipinski definition) is 1. The number of nitrogens with zero attached hydrogens (tertiary/aromatic N) is 3. The van der Waals surface area contributed by atoms with Gasteiger partial charge in [-0.2, -0.15) is 0 Å². The lowest BCUT2D eigenvalue weighted by Crippen LogP contribution is -1.97. The fourth-order valence-electron chi connectivity index (χ4n) is 2.88. The van der Waals surface area contributed by atoms with E-state index in [0.717, 1.165) is 5.56 Å². The number of carbonyl (C=O) groups is 1. The van der Waals surface area contributed by atoms with Crippen molar-refractivity contribution in [1.29, 1.82) is 0 Å². The zero-order chi connectivity index (χ0) is 22.5. The van der Waals surface area contributed by atoms with Crippen LogP contribution in [0, 0.1) is 10.1 Å². The number of nitro groups is 1. The van der Waals surface area contributed by atoms with Crippen molar-refractivity contribution in [2.75, 3.05) is 5.75 Å². The highest BCUT2D eigenvalue weighted by Gasteiger charge is 2.13. The molecular weight excluding hydrogens is 432 g/mol. The predicted octanol–water partition coefficient (Wildman–Crippen LogP) is 4.90. The van der Waals surface area contributed by atoms with Crippen molar-refractivity contribution in [2.45, 2.75) is 18.7 Å². The van der Waals surface area contributed by atoms with Gasteiger partial charge in [-0.05, 0) is 36.8 Å². The van der Waals surface area contributed by atoms with Gasteiger partial charge >= 0.3 is 0 Å². The number of rotatable bonds is 9. The highest BCUT2D eigenvalue weighted by molar-refractivity contribution is 7.99. The van der Waals surface area contributed by atoms with Gasteiger partial charge in [0, 0.05) is 17.7 Å². The number of H-pyrrole nitrogens is 1. The van der Waals surface area contributed by atoms with Gasteiger partial charge in [0.05, 0.1) is 10.7 Å². The number of furan rings is 1. The molecule has 2 heterocycles. The zero-order valence-corrected chi connectivity index (χ0v) is 17.8. The topological polar surface area (TPSA) is 124 Å². The molecule has 0 bridgehead atoms. The maximum absolute atomic E-state index is 11.1. The van der Waals surface area contributed by atoms with E-state index < -0.39 is 4.92 Å². The summed E-state index contributed by atoms with van der Waals surface area (Å²) in [5.41, 5.74) is 1.53. The van der Waals surface area contributed by atoms with Crippen LogP contribution < -0.4 is 4.74 Å². The molecule has 2 aromatic carbocycles. The largest absolute Gasteiger partial charge is 0.489 e. The number of thioether (sulfide) groups is 1. The van der Waals surface area contributed by atoms with Crippen molar-refractivity contribution in [2.24, 2.45) is 0 Å². The first-order valence-electron chi connectivity index (χ1n) is 9.59. The van der Waals surface area contributed by atoms with Crippen LogP contribution in [-0.2, 0) is 11.4 Å². The Bertz CT molecular complexity index is 1270. The smallest absolute Gasteiger partial charge is 0.269 e. The van der Waals surface area contributed by atoms with E-state index in [1.807, 2.05) is 24.3 Å². The molecule has 162 valence electrons. The lowest BCUT2D eigenvalue weighted by atomic mass is 10.1. The Labute approximate surface area is 187 Å². The van der Waals surface area contributed by atoms with Gasteiger partial charge in [0.2, 0.25) is 0 Å². The molecule has 0 saturated heterocycles. The normalized spacial score (nSPS) is 10.8. The number of aromatic amines is 1. The molecule has 4 aromatic rings. The second-order valence-electron chi connectivity index (χ2n) is 6.88. The highest BCUT2D eigenvalue weighted by atomic mass is 32.2. The minimum atomic E-state index is -0.432. The number of ether oxygens (including phenoxy) is 1. The third kappa shape index (κ3) is 5.22. The Kier molecular flexibility index (Phi) is 6.31. The number of nitrogens with one attached hydrogen (secondary N) is 1.